The van der Waals surface area contributed by atoms with Gasteiger partial charge in [-0.3, -0.25) is 9.69 Å². The lowest BCUT2D eigenvalue weighted by Gasteiger charge is -2.17. The Labute approximate surface area is 76.9 Å². The fraction of sp³-hybridized carbons (Fsp3) is 0.100. The van der Waals surface area contributed by atoms with Crippen LogP contribution in [0.2, 0.25) is 0 Å². The summed E-state index contributed by atoms with van der Waals surface area (Å²) in [6, 6.07) is 8.94. The maximum Gasteiger partial charge on any atom is 0.252 e. The van der Waals surface area contributed by atoms with Gasteiger partial charge in [-0.05, 0) is 18.2 Å². The van der Waals surface area contributed by atoms with Crippen LogP contribution in [0.15, 0.2) is 43.0 Å². The Morgan fingerprint density at radius 3 is 2.54 bits per heavy atom. The molecule has 0 atom stereocenters. The van der Waals surface area contributed by atoms with E-state index in [1.165, 1.54) is 11.0 Å². The number of carbonyl (C=O) groups is 1. The minimum Gasteiger partial charge on any atom is -0.376 e. The van der Waals surface area contributed by atoms with Gasteiger partial charge in [0.15, 0.2) is 0 Å². The number of rotatable bonds is 3. The lowest BCUT2D eigenvalue weighted by atomic mass is 10.3. The van der Waals surface area contributed by atoms with Gasteiger partial charge in [0.1, 0.15) is 6.73 Å². The molecule has 0 aromatic heterocycles. The Kier molecular flexibility index (Phi) is 3.23. The van der Waals surface area contributed by atoms with Gasteiger partial charge in [-0.25, -0.2) is 0 Å². The van der Waals surface area contributed by atoms with E-state index in [4.69, 9.17) is 5.11 Å². The molecule has 1 rings (SSSR count). The minimum absolute atomic E-state index is 0.311. The van der Waals surface area contributed by atoms with E-state index in [2.05, 4.69) is 6.58 Å². The molecule has 0 bridgehead atoms. The topological polar surface area (TPSA) is 40.5 Å². The molecule has 1 aromatic rings. The third-order valence-corrected chi connectivity index (χ3v) is 1.65. The van der Waals surface area contributed by atoms with E-state index in [0.717, 1.165) is 0 Å². The predicted molar refractivity (Wildman–Crippen MR) is 51.2 cm³/mol. The zero-order valence-corrected chi connectivity index (χ0v) is 7.18. The molecule has 0 saturated heterocycles. The molecule has 1 N–H and O–H groups in total. The van der Waals surface area contributed by atoms with Crippen molar-refractivity contribution in [2.75, 3.05) is 11.6 Å². The molecule has 3 heteroatoms. The fourth-order valence-electron chi connectivity index (χ4n) is 0.997. The quantitative estimate of drug-likeness (QED) is 0.556. The summed E-state index contributed by atoms with van der Waals surface area (Å²) in [7, 11) is 0. The van der Waals surface area contributed by atoms with Gasteiger partial charge in [-0.15, -0.1) is 0 Å². The zero-order valence-electron chi connectivity index (χ0n) is 7.18. The van der Waals surface area contributed by atoms with Crippen molar-refractivity contribution >= 4 is 11.6 Å². The number of aliphatic hydroxyl groups is 1. The van der Waals surface area contributed by atoms with Crippen molar-refractivity contribution < 1.29 is 9.90 Å². The molecule has 0 aliphatic rings. The smallest absolute Gasteiger partial charge is 0.252 e. The molecule has 0 fully saturated rings. The Morgan fingerprint density at radius 2 is 2.08 bits per heavy atom. The van der Waals surface area contributed by atoms with Gasteiger partial charge in [-0.2, -0.15) is 0 Å². The highest BCUT2D eigenvalue weighted by atomic mass is 16.3. The standard InChI is InChI=1S/C10H11NO2/c1-2-10(13)11(8-12)9-6-4-3-5-7-9/h2-7,12H,1,8H2. The van der Waals surface area contributed by atoms with Crippen molar-refractivity contribution in [1.29, 1.82) is 0 Å². The second kappa shape index (κ2) is 4.42. The third kappa shape index (κ3) is 2.16. The molecule has 0 radical (unpaired) electrons. The second-order valence-corrected chi connectivity index (χ2v) is 2.45. The SMILES string of the molecule is C=CC(=O)N(CO)c1ccccc1. The van der Waals surface area contributed by atoms with Crippen LogP contribution in [0.25, 0.3) is 0 Å². The van der Waals surface area contributed by atoms with Crippen molar-refractivity contribution in [2.24, 2.45) is 0 Å². The Bertz CT molecular complexity index is 295. The van der Waals surface area contributed by atoms with E-state index in [0.29, 0.717) is 5.69 Å². The molecule has 0 aliphatic carbocycles. The number of carbonyl (C=O) groups excluding carboxylic acids is 1. The lowest BCUT2D eigenvalue weighted by Crippen LogP contribution is -2.29. The molecule has 0 spiro atoms. The molecular formula is C10H11NO2. The van der Waals surface area contributed by atoms with Crippen LogP contribution in [0.4, 0.5) is 5.69 Å². The van der Waals surface area contributed by atoms with E-state index >= 15 is 0 Å². The summed E-state index contributed by atoms with van der Waals surface area (Å²) < 4.78 is 0. The molecule has 1 amide bonds. The summed E-state index contributed by atoms with van der Waals surface area (Å²) in [4.78, 5) is 12.4. The van der Waals surface area contributed by atoms with Gasteiger partial charge >= 0.3 is 0 Å². The number of benzene rings is 1. The maximum absolute atomic E-state index is 11.2. The molecule has 1 aromatic carbocycles. The summed E-state index contributed by atoms with van der Waals surface area (Å²) in [5.41, 5.74) is 0.662. The maximum atomic E-state index is 11.2. The summed E-state index contributed by atoms with van der Waals surface area (Å²) in [5, 5.41) is 8.94. The van der Waals surface area contributed by atoms with Gasteiger partial charge in [0.25, 0.3) is 5.91 Å². The van der Waals surface area contributed by atoms with E-state index in [9.17, 15) is 4.79 Å². The number of amides is 1. The third-order valence-electron chi connectivity index (χ3n) is 1.65. The van der Waals surface area contributed by atoms with Crippen LogP contribution in [0.5, 0.6) is 0 Å². The highest BCUT2D eigenvalue weighted by molar-refractivity contribution is 6.00. The summed E-state index contributed by atoms with van der Waals surface area (Å²) in [5.74, 6) is -0.311. The first kappa shape index (κ1) is 9.48. The van der Waals surface area contributed by atoms with E-state index < -0.39 is 0 Å². The summed E-state index contributed by atoms with van der Waals surface area (Å²) >= 11 is 0. The zero-order chi connectivity index (χ0) is 9.68. The van der Waals surface area contributed by atoms with Gasteiger partial charge in [0.2, 0.25) is 0 Å². The van der Waals surface area contributed by atoms with Crippen LogP contribution in [-0.4, -0.2) is 17.7 Å². The van der Waals surface area contributed by atoms with Gasteiger partial charge in [0, 0.05) is 5.69 Å². The first-order valence-corrected chi connectivity index (χ1v) is 3.89. The monoisotopic (exact) mass is 177 g/mol. The average molecular weight is 177 g/mol. The molecular weight excluding hydrogens is 166 g/mol. The van der Waals surface area contributed by atoms with E-state index in [1.807, 2.05) is 6.07 Å². The molecule has 0 saturated carbocycles. The summed E-state index contributed by atoms with van der Waals surface area (Å²) in [6.45, 7) is 3.01. The van der Waals surface area contributed by atoms with Crippen molar-refractivity contribution in [2.45, 2.75) is 0 Å². The molecule has 0 unspecified atom stereocenters. The van der Waals surface area contributed by atoms with Gasteiger partial charge in [0.05, 0.1) is 0 Å². The van der Waals surface area contributed by atoms with Crippen molar-refractivity contribution in [3.63, 3.8) is 0 Å². The Hall–Kier alpha value is -1.61. The largest absolute Gasteiger partial charge is 0.376 e. The molecule has 0 heterocycles. The number of aliphatic hydroxyl groups excluding tert-OH is 1. The van der Waals surface area contributed by atoms with Crippen molar-refractivity contribution in [1.82, 2.24) is 0 Å². The Morgan fingerprint density at radius 1 is 1.46 bits per heavy atom. The van der Waals surface area contributed by atoms with Crippen LogP contribution in [0.1, 0.15) is 0 Å². The second-order valence-electron chi connectivity index (χ2n) is 2.45. The van der Waals surface area contributed by atoms with Crippen LogP contribution in [0, 0.1) is 0 Å². The van der Waals surface area contributed by atoms with Crippen molar-refractivity contribution in [3.05, 3.63) is 43.0 Å². The fourth-order valence-corrected chi connectivity index (χ4v) is 0.997. The minimum atomic E-state index is -0.338. The molecule has 13 heavy (non-hydrogen) atoms. The predicted octanol–water partition coefficient (Wildman–Crippen LogP) is 1.16. The number of nitrogens with zero attached hydrogens (tertiary/aromatic N) is 1. The number of hydrogen-bond acceptors (Lipinski definition) is 2. The number of para-hydroxylation sites is 1. The Balaban J connectivity index is 2.91. The van der Waals surface area contributed by atoms with Crippen LogP contribution in [0.3, 0.4) is 0 Å². The lowest BCUT2D eigenvalue weighted by molar-refractivity contribution is -0.114. The van der Waals surface area contributed by atoms with Gasteiger partial charge < -0.3 is 5.11 Å². The highest BCUT2D eigenvalue weighted by Gasteiger charge is 2.09. The van der Waals surface area contributed by atoms with Gasteiger partial charge in [-0.1, -0.05) is 24.8 Å². The number of anilines is 1. The van der Waals surface area contributed by atoms with Crippen LogP contribution in [-0.2, 0) is 4.79 Å². The molecule has 3 nitrogen and oxygen atoms in total. The molecule has 68 valence electrons. The molecule has 0 aliphatic heterocycles. The first-order chi connectivity index (χ1) is 6.29. The van der Waals surface area contributed by atoms with E-state index in [-0.39, 0.29) is 12.6 Å². The summed E-state index contributed by atoms with van der Waals surface area (Å²) in [6.07, 6.45) is 1.17. The first-order valence-electron chi connectivity index (χ1n) is 3.89. The van der Waals surface area contributed by atoms with Crippen LogP contribution >= 0.6 is 0 Å². The van der Waals surface area contributed by atoms with Crippen LogP contribution < -0.4 is 4.90 Å². The van der Waals surface area contributed by atoms with Crippen molar-refractivity contribution in [3.8, 4) is 0 Å². The van der Waals surface area contributed by atoms with E-state index in [1.54, 1.807) is 24.3 Å². The number of hydrogen-bond donors (Lipinski definition) is 1. The highest BCUT2D eigenvalue weighted by Crippen LogP contribution is 2.12. The average Bonchev–Trinajstić information content (AvgIpc) is 2.20. The normalized spacial score (nSPS) is 9.31.